The molecule has 1 aromatic rings. The van der Waals surface area contributed by atoms with Gasteiger partial charge in [-0.15, -0.1) is 0 Å². The minimum Gasteiger partial charge on any atom is -0.493 e. The number of guanidine groups is 1. The van der Waals surface area contributed by atoms with Gasteiger partial charge in [-0.25, -0.2) is 0 Å². The molecule has 0 radical (unpaired) electrons. The van der Waals surface area contributed by atoms with Crippen LogP contribution in [0.2, 0.25) is 0 Å². The van der Waals surface area contributed by atoms with Crippen molar-refractivity contribution in [2.75, 3.05) is 27.3 Å². The van der Waals surface area contributed by atoms with Crippen LogP contribution in [0.25, 0.3) is 0 Å². The average Bonchev–Trinajstić information content (AvgIpc) is 3.37. The normalized spacial score (nSPS) is 15.1. The second-order valence-corrected chi connectivity index (χ2v) is 5.64. The number of hydrogen-bond donors (Lipinski definition) is 2. The quantitative estimate of drug-likeness (QED) is 0.589. The number of ether oxygens (including phenoxy) is 2. The molecule has 0 spiro atoms. The third kappa shape index (κ3) is 6.17. The smallest absolute Gasteiger partial charge is 0.422 e. The lowest BCUT2D eigenvalue weighted by molar-refractivity contribution is -0.153. The van der Waals surface area contributed by atoms with Gasteiger partial charge in [0.2, 0.25) is 0 Å². The van der Waals surface area contributed by atoms with Gasteiger partial charge in [0.1, 0.15) is 0 Å². The Bertz CT molecular complexity index is 572. The summed E-state index contributed by atoms with van der Waals surface area (Å²) in [4.78, 5) is 4.13. The summed E-state index contributed by atoms with van der Waals surface area (Å²) in [5.74, 6) is 1.75. The van der Waals surface area contributed by atoms with Crippen LogP contribution in [0, 0.1) is 5.92 Å². The molecule has 8 heteroatoms. The highest BCUT2D eigenvalue weighted by atomic mass is 19.4. The minimum atomic E-state index is -4.38. The van der Waals surface area contributed by atoms with Crippen LogP contribution in [0.15, 0.2) is 23.2 Å². The average molecular weight is 345 g/mol. The maximum Gasteiger partial charge on any atom is 0.422 e. The second kappa shape index (κ2) is 8.12. The number of nitrogens with zero attached hydrogens (tertiary/aromatic N) is 1. The molecule has 0 heterocycles. The highest BCUT2D eigenvalue weighted by Gasteiger charge is 2.29. The molecule has 0 amide bonds. The molecule has 1 fully saturated rings. The van der Waals surface area contributed by atoms with Gasteiger partial charge in [-0.1, -0.05) is 6.07 Å². The Hall–Kier alpha value is -2.12. The molecule has 0 aliphatic heterocycles. The van der Waals surface area contributed by atoms with E-state index in [9.17, 15) is 13.2 Å². The van der Waals surface area contributed by atoms with Crippen molar-refractivity contribution in [2.24, 2.45) is 10.9 Å². The van der Waals surface area contributed by atoms with E-state index in [1.807, 2.05) is 0 Å². The van der Waals surface area contributed by atoms with Gasteiger partial charge in [0.05, 0.1) is 7.11 Å². The molecule has 5 nitrogen and oxygen atoms in total. The van der Waals surface area contributed by atoms with Crippen molar-refractivity contribution in [1.29, 1.82) is 0 Å². The van der Waals surface area contributed by atoms with Gasteiger partial charge < -0.3 is 20.1 Å². The lowest BCUT2D eigenvalue weighted by Crippen LogP contribution is -2.37. The third-order valence-corrected chi connectivity index (χ3v) is 3.56. The van der Waals surface area contributed by atoms with Gasteiger partial charge in [-0.2, -0.15) is 13.2 Å². The van der Waals surface area contributed by atoms with E-state index in [0.29, 0.717) is 12.5 Å². The van der Waals surface area contributed by atoms with Crippen LogP contribution < -0.4 is 20.1 Å². The molecular weight excluding hydrogens is 323 g/mol. The lowest BCUT2D eigenvalue weighted by atomic mass is 10.2. The summed E-state index contributed by atoms with van der Waals surface area (Å²) in [5.41, 5.74) is 0.848. The van der Waals surface area contributed by atoms with Crippen LogP contribution in [0.4, 0.5) is 13.2 Å². The van der Waals surface area contributed by atoms with E-state index in [4.69, 9.17) is 9.47 Å². The van der Waals surface area contributed by atoms with Gasteiger partial charge in [0.15, 0.2) is 24.1 Å². The molecule has 1 aliphatic rings. The lowest BCUT2D eigenvalue weighted by Gasteiger charge is -2.15. The molecule has 134 valence electrons. The first-order valence-corrected chi connectivity index (χ1v) is 7.72. The molecule has 24 heavy (non-hydrogen) atoms. The fraction of sp³-hybridized carbons (Fsp3) is 0.562. The van der Waals surface area contributed by atoms with Gasteiger partial charge in [0, 0.05) is 20.1 Å². The zero-order chi connectivity index (χ0) is 17.6. The van der Waals surface area contributed by atoms with E-state index >= 15 is 0 Å². The number of aliphatic imine (C=N–C) groups is 1. The molecule has 2 rings (SSSR count). The fourth-order valence-corrected chi connectivity index (χ4v) is 2.07. The predicted octanol–water partition coefficient (Wildman–Crippen LogP) is 2.71. The van der Waals surface area contributed by atoms with Crippen molar-refractivity contribution in [3.8, 4) is 11.5 Å². The standard InChI is InChI=1S/C16H22F3N3O2/c1-20-15(21-8-11-3-4-11)22-9-12-5-6-13(14(7-12)23-2)24-10-16(17,18)19/h5-7,11H,3-4,8-10H2,1-2H3,(H2,20,21,22). The number of halogens is 3. The van der Waals surface area contributed by atoms with Gasteiger partial charge in [-0.05, 0) is 36.5 Å². The van der Waals surface area contributed by atoms with Crippen molar-refractivity contribution >= 4 is 5.96 Å². The van der Waals surface area contributed by atoms with Crippen molar-refractivity contribution in [2.45, 2.75) is 25.6 Å². The van der Waals surface area contributed by atoms with Crippen LogP contribution in [0.3, 0.4) is 0 Å². The molecule has 2 N–H and O–H groups in total. The number of methoxy groups -OCH3 is 1. The van der Waals surface area contributed by atoms with Crippen LogP contribution >= 0.6 is 0 Å². The molecule has 0 unspecified atom stereocenters. The van der Waals surface area contributed by atoms with Crippen molar-refractivity contribution < 1.29 is 22.6 Å². The maximum absolute atomic E-state index is 12.2. The number of rotatable bonds is 7. The Morgan fingerprint density at radius 1 is 1.25 bits per heavy atom. The molecule has 0 atom stereocenters. The predicted molar refractivity (Wildman–Crippen MR) is 85.5 cm³/mol. The van der Waals surface area contributed by atoms with Crippen LogP contribution in [0.5, 0.6) is 11.5 Å². The number of nitrogens with one attached hydrogen (secondary N) is 2. The summed E-state index contributed by atoms with van der Waals surface area (Å²) in [7, 11) is 3.08. The topological polar surface area (TPSA) is 54.9 Å². The summed E-state index contributed by atoms with van der Waals surface area (Å²) in [5, 5.41) is 6.39. The molecule has 0 aromatic heterocycles. The summed E-state index contributed by atoms with van der Waals surface area (Å²) < 4.78 is 46.6. The molecule has 1 aromatic carbocycles. The molecule has 1 aliphatic carbocycles. The van der Waals surface area contributed by atoms with E-state index < -0.39 is 12.8 Å². The highest BCUT2D eigenvalue weighted by molar-refractivity contribution is 5.79. The largest absolute Gasteiger partial charge is 0.493 e. The van der Waals surface area contributed by atoms with Crippen LogP contribution in [-0.2, 0) is 6.54 Å². The summed E-state index contributed by atoms with van der Waals surface area (Å²) >= 11 is 0. The fourth-order valence-electron chi connectivity index (χ4n) is 2.07. The zero-order valence-corrected chi connectivity index (χ0v) is 13.7. The first-order valence-electron chi connectivity index (χ1n) is 7.72. The Morgan fingerprint density at radius 3 is 2.58 bits per heavy atom. The number of benzene rings is 1. The molecular formula is C16H22F3N3O2. The van der Waals surface area contributed by atoms with Crippen molar-refractivity contribution in [3.63, 3.8) is 0 Å². The number of hydrogen-bond acceptors (Lipinski definition) is 3. The highest BCUT2D eigenvalue weighted by Crippen LogP contribution is 2.30. The molecule has 0 bridgehead atoms. The van der Waals surface area contributed by atoms with E-state index in [1.54, 1.807) is 19.2 Å². The summed E-state index contributed by atoms with van der Waals surface area (Å²) in [6.07, 6.45) is -1.88. The van der Waals surface area contributed by atoms with E-state index in [1.165, 1.54) is 26.0 Å². The Balaban J connectivity index is 1.90. The first-order chi connectivity index (χ1) is 11.4. The Labute approximate surface area is 139 Å². The van der Waals surface area contributed by atoms with Crippen LogP contribution in [-0.4, -0.2) is 39.4 Å². The maximum atomic E-state index is 12.2. The zero-order valence-electron chi connectivity index (χ0n) is 13.7. The van der Waals surface area contributed by atoms with Gasteiger partial charge in [-0.3, -0.25) is 4.99 Å². The third-order valence-electron chi connectivity index (χ3n) is 3.56. The van der Waals surface area contributed by atoms with Crippen LogP contribution in [0.1, 0.15) is 18.4 Å². The SMILES string of the molecule is CN=C(NCc1ccc(OCC(F)(F)F)c(OC)c1)NCC1CC1. The van der Waals surface area contributed by atoms with Crippen molar-refractivity contribution in [3.05, 3.63) is 23.8 Å². The minimum absolute atomic E-state index is 0.0646. The monoisotopic (exact) mass is 345 g/mol. The Morgan fingerprint density at radius 2 is 2.00 bits per heavy atom. The summed E-state index contributed by atoms with van der Waals surface area (Å²) in [6, 6.07) is 4.81. The molecule has 1 saturated carbocycles. The first kappa shape index (κ1) is 18.2. The summed E-state index contributed by atoms with van der Waals surface area (Å²) in [6.45, 7) is 0.0200. The van der Waals surface area contributed by atoms with E-state index in [0.717, 1.165) is 18.0 Å². The second-order valence-electron chi connectivity index (χ2n) is 5.64. The van der Waals surface area contributed by atoms with Gasteiger partial charge >= 0.3 is 6.18 Å². The Kier molecular flexibility index (Phi) is 6.16. The van der Waals surface area contributed by atoms with E-state index in [-0.39, 0.29) is 11.5 Å². The van der Waals surface area contributed by atoms with Crippen molar-refractivity contribution in [1.82, 2.24) is 10.6 Å². The molecule has 0 saturated heterocycles. The van der Waals surface area contributed by atoms with E-state index in [2.05, 4.69) is 15.6 Å². The van der Waals surface area contributed by atoms with Gasteiger partial charge in [0.25, 0.3) is 0 Å². The number of alkyl halides is 3.